The molecule has 4 rings (SSSR count). The van der Waals surface area contributed by atoms with Crippen LogP contribution in [-0.4, -0.2) is 23.8 Å². The third kappa shape index (κ3) is 3.74. The molecule has 3 aromatic carbocycles. The van der Waals surface area contributed by atoms with Crippen LogP contribution < -0.4 is 5.32 Å². The Bertz CT molecular complexity index is 1090. The van der Waals surface area contributed by atoms with Gasteiger partial charge in [0.1, 0.15) is 12.4 Å². The molecule has 5 nitrogen and oxygen atoms in total. The molecule has 2 N–H and O–H groups in total. The number of carbonyl (C=O) groups is 2. The van der Waals surface area contributed by atoms with E-state index in [1.165, 1.54) is 12.1 Å². The molecular formula is C23H17ClFNO4. The third-order valence-electron chi connectivity index (χ3n) is 5.13. The van der Waals surface area contributed by atoms with E-state index in [1.807, 2.05) is 48.5 Å². The molecule has 1 aliphatic carbocycles. The van der Waals surface area contributed by atoms with Crippen LogP contribution in [0.2, 0.25) is 5.02 Å². The lowest BCUT2D eigenvalue weighted by atomic mass is 9.98. The fourth-order valence-electron chi connectivity index (χ4n) is 3.74. The number of hydrogen-bond donors (Lipinski definition) is 2. The molecular weight excluding hydrogens is 409 g/mol. The number of alkyl carbamates (subject to hydrolysis) is 1. The largest absolute Gasteiger partial charge is 0.479 e. The van der Waals surface area contributed by atoms with Crippen LogP contribution in [0.5, 0.6) is 0 Å². The second kappa shape index (κ2) is 8.16. The summed E-state index contributed by atoms with van der Waals surface area (Å²) in [5.74, 6) is -2.26. The fraction of sp³-hybridized carbons (Fsp3) is 0.130. The van der Waals surface area contributed by atoms with Gasteiger partial charge in [-0.2, -0.15) is 0 Å². The Morgan fingerprint density at radius 2 is 1.63 bits per heavy atom. The summed E-state index contributed by atoms with van der Waals surface area (Å²) in [5, 5.41) is 11.6. The van der Waals surface area contributed by atoms with Gasteiger partial charge >= 0.3 is 12.1 Å². The van der Waals surface area contributed by atoms with Crippen molar-refractivity contribution in [3.8, 4) is 11.1 Å². The maximum absolute atomic E-state index is 13.7. The number of ether oxygens (including phenoxy) is 1. The van der Waals surface area contributed by atoms with Crippen LogP contribution in [-0.2, 0) is 9.53 Å². The Hall–Kier alpha value is -3.38. The van der Waals surface area contributed by atoms with Crippen molar-refractivity contribution in [1.29, 1.82) is 0 Å². The van der Waals surface area contributed by atoms with E-state index in [9.17, 15) is 19.1 Å². The minimum atomic E-state index is -1.47. The van der Waals surface area contributed by atoms with Crippen LogP contribution in [0, 0.1) is 5.82 Å². The van der Waals surface area contributed by atoms with Crippen molar-refractivity contribution in [2.45, 2.75) is 12.0 Å². The van der Waals surface area contributed by atoms with Crippen LogP contribution in [0.4, 0.5) is 9.18 Å². The Morgan fingerprint density at radius 1 is 1.03 bits per heavy atom. The first-order chi connectivity index (χ1) is 14.5. The van der Waals surface area contributed by atoms with Gasteiger partial charge in [0, 0.05) is 5.92 Å². The molecule has 0 spiro atoms. The predicted molar refractivity (Wildman–Crippen MR) is 110 cm³/mol. The van der Waals surface area contributed by atoms with Crippen LogP contribution in [0.25, 0.3) is 11.1 Å². The molecule has 0 saturated heterocycles. The number of carbonyl (C=O) groups excluding carboxylic acids is 1. The molecule has 0 fully saturated rings. The number of benzene rings is 3. The molecule has 30 heavy (non-hydrogen) atoms. The maximum Gasteiger partial charge on any atom is 0.408 e. The zero-order valence-electron chi connectivity index (χ0n) is 15.6. The highest BCUT2D eigenvalue weighted by Gasteiger charge is 2.30. The van der Waals surface area contributed by atoms with Gasteiger partial charge < -0.3 is 15.2 Å². The smallest absolute Gasteiger partial charge is 0.408 e. The predicted octanol–water partition coefficient (Wildman–Crippen LogP) is 5.14. The number of aliphatic carboxylic acids is 1. The van der Waals surface area contributed by atoms with Gasteiger partial charge in [0.25, 0.3) is 0 Å². The highest BCUT2D eigenvalue weighted by Crippen LogP contribution is 2.44. The molecule has 0 saturated carbocycles. The molecule has 1 aliphatic rings. The Labute approximate surface area is 177 Å². The first kappa shape index (κ1) is 19.9. The summed E-state index contributed by atoms with van der Waals surface area (Å²) in [6.07, 6.45) is -0.903. The maximum atomic E-state index is 13.7. The van der Waals surface area contributed by atoms with Gasteiger partial charge in [0.05, 0.1) is 5.02 Å². The molecule has 0 aromatic heterocycles. The van der Waals surface area contributed by atoms with Gasteiger partial charge in [-0.15, -0.1) is 0 Å². The molecule has 7 heteroatoms. The van der Waals surface area contributed by atoms with Crippen molar-refractivity contribution >= 4 is 23.7 Å². The zero-order chi connectivity index (χ0) is 21.3. The van der Waals surface area contributed by atoms with Gasteiger partial charge in [-0.1, -0.05) is 66.2 Å². The highest BCUT2D eigenvalue weighted by atomic mass is 35.5. The quantitative estimate of drug-likeness (QED) is 0.593. The average Bonchev–Trinajstić information content (AvgIpc) is 3.06. The second-order valence-electron chi connectivity index (χ2n) is 6.91. The lowest BCUT2D eigenvalue weighted by molar-refractivity contribution is -0.139. The van der Waals surface area contributed by atoms with Gasteiger partial charge in [-0.05, 0) is 39.9 Å². The molecule has 0 heterocycles. The van der Waals surface area contributed by atoms with Crippen molar-refractivity contribution in [1.82, 2.24) is 5.32 Å². The summed E-state index contributed by atoms with van der Waals surface area (Å²) in [5.41, 5.74) is 4.31. The van der Waals surface area contributed by atoms with Gasteiger partial charge in [-0.25, -0.2) is 14.0 Å². The number of fused-ring (bicyclic) bond motifs is 3. The van der Waals surface area contributed by atoms with E-state index in [4.69, 9.17) is 16.3 Å². The van der Waals surface area contributed by atoms with Crippen molar-refractivity contribution in [2.24, 2.45) is 0 Å². The van der Waals surface area contributed by atoms with E-state index in [2.05, 4.69) is 5.32 Å². The van der Waals surface area contributed by atoms with Crippen molar-refractivity contribution < 1.29 is 23.8 Å². The van der Waals surface area contributed by atoms with Crippen molar-refractivity contribution in [3.63, 3.8) is 0 Å². The van der Waals surface area contributed by atoms with E-state index >= 15 is 0 Å². The number of carboxylic acid groups (broad SMARTS) is 1. The van der Waals surface area contributed by atoms with E-state index in [1.54, 1.807) is 0 Å². The summed E-state index contributed by atoms with van der Waals surface area (Å²) in [7, 11) is 0. The molecule has 152 valence electrons. The number of nitrogens with one attached hydrogen (secondary N) is 1. The monoisotopic (exact) mass is 425 g/mol. The number of carboxylic acids is 1. The normalized spacial score (nSPS) is 13.3. The molecule has 1 amide bonds. The Balaban J connectivity index is 1.49. The van der Waals surface area contributed by atoms with Crippen LogP contribution in [0.15, 0.2) is 66.7 Å². The van der Waals surface area contributed by atoms with E-state index < -0.39 is 23.9 Å². The average molecular weight is 426 g/mol. The molecule has 3 aromatic rings. The summed E-state index contributed by atoms with van der Waals surface area (Å²) < 4.78 is 19.1. The number of rotatable bonds is 5. The topological polar surface area (TPSA) is 75.6 Å². The van der Waals surface area contributed by atoms with Crippen LogP contribution in [0.3, 0.4) is 0 Å². The first-order valence-electron chi connectivity index (χ1n) is 9.25. The Kier molecular flexibility index (Phi) is 5.42. The molecule has 0 aliphatic heterocycles. The SMILES string of the molecule is O=C(NC(C(=O)O)c1ccc(Cl)c(F)c1)OCC1c2ccccc2-c2ccccc21. The summed E-state index contributed by atoms with van der Waals surface area (Å²) in [6.45, 7) is 0.0428. The van der Waals surface area contributed by atoms with E-state index in [0.717, 1.165) is 28.3 Å². The minimum Gasteiger partial charge on any atom is -0.479 e. The summed E-state index contributed by atoms with van der Waals surface area (Å²) in [4.78, 5) is 23.9. The molecule has 0 radical (unpaired) electrons. The fourth-order valence-corrected chi connectivity index (χ4v) is 3.86. The van der Waals surface area contributed by atoms with Crippen molar-refractivity contribution in [3.05, 3.63) is 94.3 Å². The number of halogens is 2. The second-order valence-corrected chi connectivity index (χ2v) is 7.32. The zero-order valence-corrected chi connectivity index (χ0v) is 16.4. The Morgan fingerprint density at radius 3 is 2.20 bits per heavy atom. The highest BCUT2D eigenvalue weighted by molar-refractivity contribution is 6.30. The van der Waals surface area contributed by atoms with Gasteiger partial charge in [-0.3, -0.25) is 0 Å². The van der Waals surface area contributed by atoms with Gasteiger partial charge in [0.15, 0.2) is 6.04 Å². The lowest BCUT2D eigenvalue weighted by Crippen LogP contribution is -2.34. The standard InChI is InChI=1S/C23H17ClFNO4/c24-19-10-9-13(11-20(19)25)21(22(27)28)26-23(29)30-12-18-16-7-3-1-5-14(16)15-6-2-4-8-17(15)18/h1-11,18,21H,12H2,(H,26,29)(H,27,28). The van der Waals surface area contributed by atoms with E-state index in [0.29, 0.717) is 0 Å². The van der Waals surface area contributed by atoms with Crippen LogP contribution >= 0.6 is 11.6 Å². The number of amides is 1. The van der Waals surface area contributed by atoms with E-state index in [-0.39, 0.29) is 23.1 Å². The molecule has 1 unspecified atom stereocenters. The summed E-state index contributed by atoms with van der Waals surface area (Å²) >= 11 is 5.64. The van der Waals surface area contributed by atoms with Crippen molar-refractivity contribution in [2.75, 3.05) is 6.61 Å². The first-order valence-corrected chi connectivity index (χ1v) is 9.62. The van der Waals surface area contributed by atoms with Gasteiger partial charge in [0.2, 0.25) is 0 Å². The molecule has 0 bridgehead atoms. The lowest BCUT2D eigenvalue weighted by Gasteiger charge is -2.18. The third-order valence-corrected chi connectivity index (χ3v) is 5.44. The number of hydrogen-bond acceptors (Lipinski definition) is 3. The summed E-state index contributed by atoms with van der Waals surface area (Å²) in [6, 6.07) is 17.8. The minimum absolute atomic E-state index is 0.0428. The molecule has 1 atom stereocenters. The van der Waals surface area contributed by atoms with Crippen LogP contribution in [0.1, 0.15) is 28.7 Å².